The third kappa shape index (κ3) is 3.54. The van der Waals surface area contributed by atoms with Crippen molar-refractivity contribution < 1.29 is 0 Å². The van der Waals surface area contributed by atoms with Crippen molar-refractivity contribution in [2.45, 2.75) is 34.6 Å². The molecule has 2 heteroatoms. The van der Waals surface area contributed by atoms with Crippen LogP contribution >= 0.6 is 0 Å². The van der Waals surface area contributed by atoms with Crippen molar-refractivity contribution in [2.75, 3.05) is 5.73 Å². The number of nitrogens with two attached hydrogens (primary N) is 1. The van der Waals surface area contributed by atoms with Crippen molar-refractivity contribution in [3.8, 4) is 0 Å². The molecule has 2 nitrogen and oxygen atoms in total. The molecule has 0 spiro atoms. The maximum atomic E-state index is 5.77. The summed E-state index contributed by atoms with van der Waals surface area (Å²) in [6.07, 6.45) is 0. The molecule has 0 saturated carbocycles. The molecule has 0 aliphatic carbocycles. The summed E-state index contributed by atoms with van der Waals surface area (Å²) in [7, 11) is 0. The number of nitrogens with zero attached hydrogens (tertiary/aromatic N) is 1. The van der Waals surface area contributed by atoms with Gasteiger partial charge in [0.2, 0.25) is 0 Å². The first kappa shape index (κ1) is 14.4. The van der Waals surface area contributed by atoms with E-state index >= 15 is 0 Å². The lowest BCUT2D eigenvalue weighted by molar-refractivity contribution is 1.26. The fourth-order valence-electron chi connectivity index (χ4n) is 1.28. The van der Waals surface area contributed by atoms with E-state index < -0.39 is 0 Å². The molecule has 2 rings (SSSR count). The van der Waals surface area contributed by atoms with Gasteiger partial charge in [-0.15, -0.1) is 0 Å². The number of hydrogen-bond donors (Lipinski definition) is 1. The highest BCUT2D eigenvalue weighted by molar-refractivity contribution is 5.89. The van der Waals surface area contributed by atoms with Crippen molar-refractivity contribution in [1.82, 2.24) is 4.98 Å². The Kier molecular flexibility index (Phi) is 6.93. The summed E-state index contributed by atoms with van der Waals surface area (Å²) in [5.74, 6) is 0. The fourth-order valence-corrected chi connectivity index (χ4v) is 1.28. The Bertz CT molecular complexity index is 422. The Morgan fingerprint density at radius 2 is 1.56 bits per heavy atom. The average molecular weight is 218 g/mol. The second kappa shape index (κ2) is 7.69. The van der Waals surface area contributed by atoms with Gasteiger partial charge < -0.3 is 5.73 Å². The first-order chi connectivity index (χ1) is 7.77. The van der Waals surface area contributed by atoms with Crippen molar-refractivity contribution in [1.29, 1.82) is 0 Å². The van der Waals surface area contributed by atoms with Crippen LogP contribution in [0.4, 0.5) is 5.69 Å². The minimum atomic E-state index is 0.792. The summed E-state index contributed by atoms with van der Waals surface area (Å²) in [6.45, 7) is 9.97. The quantitative estimate of drug-likeness (QED) is 0.674. The summed E-state index contributed by atoms with van der Waals surface area (Å²) >= 11 is 0. The van der Waals surface area contributed by atoms with Gasteiger partial charge >= 0.3 is 0 Å². The summed E-state index contributed by atoms with van der Waals surface area (Å²) in [5.41, 5.74) is 8.55. The molecule has 0 saturated heterocycles. The number of anilines is 1. The first-order valence-electron chi connectivity index (χ1n) is 5.89. The zero-order chi connectivity index (χ0) is 12.6. The van der Waals surface area contributed by atoms with Crippen LogP contribution in [-0.2, 0) is 0 Å². The van der Waals surface area contributed by atoms with E-state index in [-0.39, 0.29) is 0 Å². The van der Waals surface area contributed by atoms with Gasteiger partial charge in [0.05, 0.1) is 5.52 Å². The molecule has 0 unspecified atom stereocenters. The van der Waals surface area contributed by atoms with Gasteiger partial charge in [-0.2, -0.15) is 0 Å². The van der Waals surface area contributed by atoms with E-state index in [1.807, 2.05) is 65.0 Å². The molecular formula is C14H22N2. The summed E-state index contributed by atoms with van der Waals surface area (Å²) < 4.78 is 0. The standard InChI is InChI=1S/C10H10N2.2C2H6/c1-7-5-6-8-9(11)3-2-4-10(8)12-7;2*1-2/h2-6H,11H2,1H3;2*1-2H3. The Hall–Kier alpha value is -1.57. The highest BCUT2D eigenvalue weighted by Gasteiger charge is 1.96. The Morgan fingerprint density at radius 1 is 0.938 bits per heavy atom. The Morgan fingerprint density at radius 3 is 2.19 bits per heavy atom. The van der Waals surface area contributed by atoms with Gasteiger partial charge in [-0.25, -0.2) is 0 Å². The van der Waals surface area contributed by atoms with Crippen molar-refractivity contribution >= 4 is 16.6 Å². The first-order valence-corrected chi connectivity index (χ1v) is 5.89. The normalized spacial score (nSPS) is 8.56. The number of rotatable bonds is 0. The average Bonchev–Trinajstić information content (AvgIpc) is 2.34. The van der Waals surface area contributed by atoms with Gasteiger partial charge in [-0.1, -0.05) is 33.8 Å². The number of aryl methyl sites for hydroxylation is 1. The number of pyridine rings is 1. The molecule has 0 aliphatic heterocycles. The van der Waals surface area contributed by atoms with Gasteiger partial charge in [0.1, 0.15) is 0 Å². The van der Waals surface area contributed by atoms with Gasteiger partial charge in [0.15, 0.2) is 0 Å². The molecule has 0 bridgehead atoms. The molecule has 88 valence electrons. The van der Waals surface area contributed by atoms with E-state index in [9.17, 15) is 0 Å². The highest BCUT2D eigenvalue weighted by atomic mass is 14.7. The van der Waals surface area contributed by atoms with Crippen LogP contribution < -0.4 is 5.73 Å². The largest absolute Gasteiger partial charge is 0.398 e. The number of benzene rings is 1. The maximum Gasteiger partial charge on any atom is 0.0725 e. The van der Waals surface area contributed by atoms with Crippen LogP contribution in [0.3, 0.4) is 0 Å². The molecular weight excluding hydrogens is 196 g/mol. The second-order valence-electron chi connectivity index (χ2n) is 2.87. The molecule has 0 amide bonds. The predicted molar refractivity (Wildman–Crippen MR) is 73.6 cm³/mol. The topological polar surface area (TPSA) is 38.9 Å². The molecule has 1 aromatic carbocycles. The van der Waals surface area contributed by atoms with Crippen LogP contribution in [-0.4, -0.2) is 4.98 Å². The molecule has 2 aromatic rings. The monoisotopic (exact) mass is 218 g/mol. The lowest BCUT2D eigenvalue weighted by Crippen LogP contribution is -1.88. The highest BCUT2D eigenvalue weighted by Crippen LogP contribution is 2.18. The van der Waals surface area contributed by atoms with Gasteiger partial charge in [-0.05, 0) is 31.2 Å². The summed E-state index contributed by atoms with van der Waals surface area (Å²) in [6, 6.07) is 9.76. The molecule has 0 aliphatic rings. The van der Waals surface area contributed by atoms with E-state index in [0.29, 0.717) is 0 Å². The molecule has 1 heterocycles. The lowest BCUT2D eigenvalue weighted by atomic mass is 10.2. The fraction of sp³-hybridized carbons (Fsp3) is 0.357. The minimum Gasteiger partial charge on any atom is -0.398 e. The number of nitrogen functional groups attached to an aromatic ring is 1. The van der Waals surface area contributed by atoms with Crippen molar-refractivity contribution in [3.05, 3.63) is 36.0 Å². The molecule has 2 N–H and O–H groups in total. The van der Waals surface area contributed by atoms with Crippen LogP contribution in [0.2, 0.25) is 0 Å². The van der Waals surface area contributed by atoms with Gasteiger partial charge in [0.25, 0.3) is 0 Å². The van der Waals surface area contributed by atoms with Crippen LogP contribution in [0.25, 0.3) is 10.9 Å². The van der Waals surface area contributed by atoms with E-state index in [2.05, 4.69) is 4.98 Å². The zero-order valence-corrected chi connectivity index (χ0v) is 10.9. The summed E-state index contributed by atoms with van der Waals surface area (Å²) in [5, 5.41) is 1.03. The zero-order valence-electron chi connectivity index (χ0n) is 10.9. The molecule has 0 atom stereocenters. The summed E-state index contributed by atoms with van der Waals surface area (Å²) in [4.78, 5) is 4.36. The molecule has 1 aromatic heterocycles. The predicted octanol–water partition coefficient (Wildman–Crippen LogP) is 4.18. The van der Waals surface area contributed by atoms with E-state index in [1.165, 1.54) is 0 Å². The number of aromatic nitrogens is 1. The SMILES string of the molecule is CC.CC.Cc1ccc2c(N)cccc2n1. The van der Waals surface area contributed by atoms with Crippen molar-refractivity contribution in [3.63, 3.8) is 0 Å². The van der Waals surface area contributed by atoms with Crippen molar-refractivity contribution in [2.24, 2.45) is 0 Å². The molecule has 16 heavy (non-hydrogen) atoms. The van der Waals surface area contributed by atoms with Crippen LogP contribution in [0.1, 0.15) is 33.4 Å². The third-order valence-electron chi connectivity index (χ3n) is 1.90. The molecule has 0 radical (unpaired) electrons. The van der Waals surface area contributed by atoms with Gasteiger partial charge in [0, 0.05) is 16.8 Å². The van der Waals surface area contributed by atoms with Gasteiger partial charge in [-0.3, -0.25) is 4.98 Å². The Labute approximate surface area is 98.5 Å². The van der Waals surface area contributed by atoms with Crippen LogP contribution in [0.15, 0.2) is 30.3 Å². The molecule has 0 fully saturated rings. The third-order valence-corrected chi connectivity index (χ3v) is 1.90. The maximum absolute atomic E-state index is 5.77. The van der Waals surface area contributed by atoms with Crippen LogP contribution in [0.5, 0.6) is 0 Å². The lowest BCUT2D eigenvalue weighted by Gasteiger charge is -2.00. The second-order valence-corrected chi connectivity index (χ2v) is 2.87. The van der Waals surface area contributed by atoms with E-state index in [1.54, 1.807) is 0 Å². The van der Waals surface area contributed by atoms with E-state index in [0.717, 1.165) is 22.3 Å². The Balaban J connectivity index is 0.000000509. The smallest absolute Gasteiger partial charge is 0.0725 e. The number of hydrogen-bond acceptors (Lipinski definition) is 2. The van der Waals surface area contributed by atoms with E-state index in [4.69, 9.17) is 5.73 Å². The minimum absolute atomic E-state index is 0.792. The van der Waals surface area contributed by atoms with Crippen LogP contribution in [0, 0.1) is 6.92 Å². The number of fused-ring (bicyclic) bond motifs is 1.